The molecule has 0 aliphatic heterocycles. The summed E-state index contributed by atoms with van der Waals surface area (Å²) in [4.78, 5) is 10.8. The number of hydrogen-bond acceptors (Lipinski definition) is 4. The molecule has 0 bridgehead atoms. The number of benzene rings is 2. The van der Waals surface area contributed by atoms with Gasteiger partial charge in [0, 0.05) is 12.6 Å². The van der Waals surface area contributed by atoms with Crippen LogP contribution in [-0.2, 0) is 4.79 Å². The molecule has 0 radical (unpaired) electrons. The van der Waals surface area contributed by atoms with Gasteiger partial charge in [0.25, 0.3) is 0 Å². The Morgan fingerprint density at radius 2 is 1.95 bits per heavy atom. The Hall–Kier alpha value is -2.11. The highest BCUT2D eigenvalue weighted by Crippen LogP contribution is 2.24. The summed E-state index contributed by atoms with van der Waals surface area (Å²) >= 11 is 0. The van der Waals surface area contributed by atoms with E-state index in [2.05, 4.69) is 11.4 Å². The Morgan fingerprint density at radius 3 is 2.62 bits per heavy atom. The summed E-state index contributed by atoms with van der Waals surface area (Å²) in [6.07, 6.45) is -1.17. The molecule has 4 N–H and O–H groups in total. The van der Waals surface area contributed by atoms with Crippen molar-refractivity contribution in [1.29, 1.82) is 0 Å². The molecule has 5 nitrogen and oxygen atoms in total. The monoisotopic (exact) mass is 288 g/mol. The number of fused-ring (bicyclic) bond motifs is 1. The lowest BCUT2D eigenvalue weighted by atomic mass is 10.0. The lowest BCUT2D eigenvalue weighted by Crippen LogP contribution is -2.38. The van der Waals surface area contributed by atoms with Crippen LogP contribution in [0.25, 0.3) is 10.8 Å². The molecule has 0 fully saturated rings. The third-order valence-electron chi connectivity index (χ3n) is 3.52. The molecule has 0 saturated carbocycles. The second-order valence-corrected chi connectivity index (χ2v) is 5.02. The van der Waals surface area contributed by atoms with E-state index in [1.807, 2.05) is 37.3 Å². The molecule has 2 aromatic carbocycles. The quantitative estimate of drug-likeness (QED) is 0.749. The Balaban J connectivity index is 2.13. The van der Waals surface area contributed by atoms with Crippen LogP contribution >= 0.6 is 0 Å². The fourth-order valence-corrected chi connectivity index (χ4v) is 2.15. The average Bonchev–Trinajstić information content (AvgIpc) is 2.50. The standard InChI is InChI=1S/C16H20N2O3/c1-10(18-9-15(19)16(17)20)11-3-4-13-8-14(21-2)6-5-12(13)7-11/h3-8,10,15,18-19H,9H2,1-2H3,(H2,17,20). The minimum atomic E-state index is -1.17. The van der Waals surface area contributed by atoms with E-state index in [-0.39, 0.29) is 12.6 Å². The fraction of sp³-hybridized carbons (Fsp3) is 0.312. The zero-order valence-corrected chi connectivity index (χ0v) is 12.2. The molecular formula is C16H20N2O3. The molecule has 0 spiro atoms. The summed E-state index contributed by atoms with van der Waals surface area (Å²) in [6.45, 7) is 2.11. The predicted molar refractivity (Wildman–Crippen MR) is 82.1 cm³/mol. The first-order valence-electron chi connectivity index (χ1n) is 6.79. The summed E-state index contributed by atoms with van der Waals surface area (Å²) in [5.74, 6) is 0.103. The molecule has 5 heteroatoms. The number of methoxy groups -OCH3 is 1. The maximum atomic E-state index is 10.8. The fourth-order valence-electron chi connectivity index (χ4n) is 2.15. The van der Waals surface area contributed by atoms with E-state index < -0.39 is 12.0 Å². The number of amides is 1. The van der Waals surface area contributed by atoms with Crippen molar-refractivity contribution in [2.45, 2.75) is 19.1 Å². The molecule has 2 rings (SSSR count). The number of nitrogens with two attached hydrogens (primary N) is 1. The van der Waals surface area contributed by atoms with Crippen LogP contribution < -0.4 is 15.8 Å². The molecule has 21 heavy (non-hydrogen) atoms. The molecule has 0 aliphatic carbocycles. The van der Waals surface area contributed by atoms with Crippen molar-refractivity contribution in [3.63, 3.8) is 0 Å². The van der Waals surface area contributed by atoms with Crippen molar-refractivity contribution in [3.05, 3.63) is 42.0 Å². The van der Waals surface area contributed by atoms with Gasteiger partial charge in [-0.05, 0) is 41.5 Å². The van der Waals surface area contributed by atoms with Gasteiger partial charge in [-0.1, -0.05) is 18.2 Å². The number of aliphatic hydroxyl groups is 1. The molecule has 2 unspecified atom stereocenters. The second-order valence-electron chi connectivity index (χ2n) is 5.02. The van der Waals surface area contributed by atoms with Gasteiger partial charge in [-0.2, -0.15) is 0 Å². The second kappa shape index (κ2) is 6.56. The number of aliphatic hydroxyl groups excluding tert-OH is 1. The van der Waals surface area contributed by atoms with Crippen molar-refractivity contribution < 1.29 is 14.6 Å². The number of hydrogen-bond donors (Lipinski definition) is 3. The predicted octanol–water partition coefficient (Wildman–Crippen LogP) is 1.35. The van der Waals surface area contributed by atoms with Gasteiger partial charge in [-0.3, -0.25) is 4.79 Å². The Kier molecular flexibility index (Phi) is 4.77. The van der Waals surface area contributed by atoms with Crippen molar-refractivity contribution >= 4 is 16.7 Å². The van der Waals surface area contributed by atoms with Gasteiger partial charge in [-0.25, -0.2) is 0 Å². The molecular weight excluding hydrogens is 268 g/mol. The number of rotatable bonds is 6. The van der Waals surface area contributed by atoms with E-state index in [1.54, 1.807) is 7.11 Å². The van der Waals surface area contributed by atoms with Gasteiger partial charge >= 0.3 is 0 Å². The zero-order valence-electron chi connectivity index (χ0n) is 12.2. The number of carbonyl (C=O) groups excluding carboxylic acids is 1. The van der Waals surface area contributed by atoms with Crippen molar-refractivity contribution in [2.75, 3.05) is 13.7 Å². The minimum Gasteiger partial charge on any atom is -0.497 e. The summed E-state index contributed by atoms with van der Waals surface area (Å²) in [7, 11) is 1.64. The highest BCUT2D eigenvalue weighted by Gasteiger charge is 2.13. The molecule has 2 aromatic rings. The smallest absolute Gasteiger partial charge is 0.247 e. The number of ether oxygens (including phenoxy) is 1. The van der Waals surface area contributed by atoms with Gasteiger partial charge in [0.05, 0.1) is 7.11 Å². The summed E-state index contributed by atoms with van der Waals surface area (Å²) in [5, 5.41) is 14.7. The lowest BCUT2D eigenvalue weighted by Gasteiger charge is -2.16. The minimum absolute atomic E-state index is 0.00509. The van der Waals surface area contributed by atoms with E-state index in [4.69, 9.17) is 10.5 Å². The van der Waals surface area contributed by atoms with Crippen LogP contribution in [0.2, 0.25) is 0 Å². The Labute approximate surface area is 123 Å². The van der Waals surface area contributed by atoms with E-state index >= 15 is 0 Å². The summed E-state index contributed by atoms with van der Waals surface area (Å²) in [6, 6.07) is 12.0. The first kappa shape index (κ1) is 15.3. The molecule has 112 valence electrons. The van der Waals surface area contributed by atoms with Gasteiger partial charge < -0.3 is 20.9 Å². The zero-order chi connectivity index (χ0) is 15.4. The van der Waals surface area contributed by atoms with Crippen LogP contribution in [0.4, 0.5) is 0 Å². The molecule has 1 amide bonds. The SMILES string of the molecule is COc1ccc2cc(C(C)NCC(O)C(N)=O)ccc2c1. The summed E-state index contributed by atoms with van der Waals surface area (Å²) < 4.78 is 5.20. The van der Waals surface area contributed by atoms with E-state index in [0.717, 1.165) is 22.1 Å². The van der Waals surface area contributed by atoms with Crippen LogP contribution in [0.5, 0.6) is 5.75 Å². The normalized spacial score (nSPS) is 13.9. The highest BCUT2D eigenvalue weighted by atomic mass is 16.5. The van der Waals surface area contributed by atoms with Crippen LogP contribution in [-0.4, -0.2) is 30.8 Å². The first-order chi connectivity index (χ1) is 10.0. The lowest BCUT2D eigenvalue weighted by molar-refractivity contribution is -0.125. The number of carbonyl (C=O) groups is 1. The first-order valence-corrected chi connectivity index (χ1v) is 6.79. The van der Waals surface area contributed by atoms with Crippen LogP contribution in [0.1, 0.15) is 18.5 Å². The third-order valence-corrected chi connectivity index (χ3v) is 3.52. The van der Waals surface area contributed by atoms with Crippen LogP contribution in [0.3, 0.4) is 0 Å². The largest absolute Gasteiger partial charge is 0.497 e. The van der Waals surface area contributed by atoms with E-state index in [9.17, 15) is 9.90 Å². The third kappa shape index (κ3) is 3.71. The Morgan fingerprint density at radius 1 is 1.29 bits per heavy atom. The van der Waals surface area contributed by atoms with Crippen LogP contribution in [0, 0.1) is 0 Å². The van der Waals surface area contributed by atoms with Gasteiger partial charge in [-0.15, -0.1) is 0 Å². The topological polar surface area (TPSA) is 84.6 Å². The van der Waals surface area contributed by atoms with Crippen LogP contribution in [0.15, 0.2) is 36.4 Å². The van der Waals surface area contributed by atoms with Gasteiger partial charge in [0.15, 0.2) is 0 Å². The van der Waals surface area contributed by atoms with Gasteiger partial charge in [0.2, 0.25) is 5.91 Å². The van der Waals surface area contributed by atoms with Gasteiger partial charge in [0.1, 0.15) is 11.9 Å². The summed E-state index contributed by atoms with van der Waals surface area (Å²) in [5.41, 5.74) is 6.10. The molecule has 2 atom stereocenters. The maximum Gasteiger partial charge on any atom is 0.247 e. The van der Waals surface area contributed by atoms with E-state index in [1.165, 1.54) is 0 Å². The highest BCUT2D eigenvalue weighted by molar-refractivity contribution is 5.84. The molecule has 0 heterocycles. The molecule has 0 saturated heterocycles. The Bertz CT molecular complexity index is 642. The maximum absolute atomic E-state index is 10.8. The number of primary amides is 1. The van der Waals surface area contributed by atoms with Crippen molar-refractivity contribution in [1.82, 2.24) is 5.32 Å². The van der Waals surface area contributed by atoms with E-state index in [0.29, 0.717) is 0 Å². The number of nitrogens with one attached hydrogen (secondary N) is 1. The van der Waals surface area contributed by atoms with Crippen molar-refractivity contribution in [3.8, 4) is 5.75 Å². The van der Waals surface area contributed by atoms with Crippen molar-refractivity contribution in [2.24, 2.45) is 5.73 Å². The molecule has 0 aromatic heterocycles. The average molecular weight is 288 g/mol. The molecule has 0 aliphatic rings.